The Bertz CT molecular complexity index is 1160. The van der Waals surface area contributed by atoms with Crippen LogP contribution in [0.5, 0.6) is 0 Å². The largest absolute Gasteiger partial charge is 0.340 e. The molecule has 7 heteroatoms. The molecule has 4 rings (SSSR count). The van der Waals surface area contributed by atoms with Gasteiger partial charge in [-0.3, -0.25) is 0 Å². The lowest BCUT2D eigenvalue weighted by molar-refractivity contribution is 1.22. The number of rotatable bonds is 3. The molecule has 0 fully saturated rings. The molecule has 0 saturated heterocycles. The number of halogens is 4. The highest BCUT2D eigenvalue weighted by Crippen LogP contribution is 2.33. The molecule has 0 spiro atoms. The van der Waals surface area contributed by atoms with Crippen LogP contribution in [0.1, 0.15) is 0 Å². The molecule has 0 saturated carbocycles. The number of hydrogen-bond donors (Lipinski definition) is 1. The Morgan fingerprint density at radius 2 is 1.52 bits per heavy atom. The van der Waals surface area contributed by atoms with Crippen molar-refractivity contribution in [1.82, 2.24) is 9.97 Å². The van der Waals surface area contributed by atoms with Crippen LogP contribution in [0.25, 0.3) is 22.3 Å². The first-order valence-electron chi connectivity index (χ1n) is 7.95. The molecule has 0 aliphatic carbocycles. The molecule has 1 N–H and O–H groups in total. The van der Waals surface area contributed by atoms with E-state index in [1.165, 1.54) is 0 Å². The quantitative estimate of drug-likeness (QED) is 0.359. The molecule has 0 aliphatic heterocycles. The molecule has 3 nitrogen and oxygen atoms in total. The van der Waals surface area contributed by atoms with Gasteiger partial charge >= 0.3 is 0 Å². The molecule has 27 heavy (non-hydrogen) atoms. The first-order chi connectivity index (χ1) is 13.0. The fourth-order valence-electron chi connectivity index (χ4n) is 2.67. The third kappa shape index (κ3) is 3.83. The highest BCUT2D eigenvalue weighted by atomic mass is 35.5. The van der Waals surface area contributed by atoms with Crippen LogP contribution in [0, 0.1) is 0 Å². The van der Waals surface area contributed by atoms with Gasteiger partial charge in [0.1, 0.15) is 5.82 Å². The van der Waals surface area contributed by atoms with E-state index in [-0.39, 0.29) is 0 Å². The number of anilines is 2. The number of aromatic nitrogens is 2. The average molecular weight is 435 g/mol. The van der Waals surface area contributed by atoms with Crippen molar-refractivity contribution in [2.45, 2.75) is 0 Å². The Labute approximate surface area is 175 Å². The summed E-state index contributed by atoms with van der Waals surface area (Å²) in [6.45, 7) is 0. The zero-order valence-electron chi connectivity index (χ0n) is 13.7. The third-order valence-corrected chi connectivity index (χ3v) is 5.24. The Balaban J connectivity index is 1.86. The lowest BCUT2D eigenvalue weighted by Gasteiger charge is -2.12. The molecule has 1 heterocycles. The highest BCUT2D eigenvalue weighted by molar-refractivity contribution is 6.42. The smallest absolute Gasteiger partial charge is 0.163 e. The standard InChI is InChI=1S/C20H11Cl4N3/c21-11-5-7-13(16(23)9-11)19-26-18-4-2-1-3-14(18)20(27-19)25-12-6-8-15(22)17(24)10-12/h1-10H,(H,25,26,27). The second-order valence-electron chi connectivity index (χ2n) is 5.79. The third-order valence-electron chi connectivity index (χ3n) is 3.96. The lowest BCUT2D eigenvalue weighted by Crippen LogP contribution is -1.99. The average Bonchev–Trinajstić information content (AvgIpc) is 2.64. The van der Waals surface area contributed by atoms with E-state index in [1.807, 2.05) is 30.3 Å². The van der Waals surface area contributed by atoms with Crippen molar-refractivity contribution < 1.29 is 0 Å². The van der Waals surface area contributed by atoms with Crippen LogP contribution in [-0.2, 0) is 0 Å². The van der Waals surface area contributed by atoms with E-state index in [9.17, 15) is 0 Å². The molecule has 134 valence electrons. The van der Waals surface area contributed by atoms with Crippen LogP contribution >= 0.6 is 46.4 Å². The van der Waals surface area contributed by atoms with Gasteiger partial charge in [0.05, 0.1) is 20.6 Å². The van der Waals surface area contributed by atoms with Crippen molar-refractivity contribution in [2.24, 2.45) is 0 Å². The van der Waals surface area contributed by atoms with Gasteiger partial charge in [0.25, 0.3) is 0 Å². The minimum atomic E-state index is 0.459. The fraction of sp³-hybridized carbons (Fsp3) is 0. The first kappa shape index (κ1) is 18.3. The first-order valence-corrected chi connectivity index (χ1v) is 9.47. The SMILES string of the molecule is Clc1ccc(-c2nc(Nc3ccc(Cl)c(Cl)c3)c3ccccc3n2)c(Cl)c1. The maximum Gasteiger partial charge on any atom is 0.163 e. The Hall–Kier alpha value is -2.04. The zero-order valence-corrected chi connectivity index (χ0v) is 16.7. The van der Waals surface area contributed by atoms with Crippen molar-refractivity contribution >= 4 is 68.8 Å². The van der Waals surface area contributed by atoms with Gasteiger partial charge in [0.2, 0.25) is 0 Å². The van der Waals surface area contributed by atoms with Crippen molar-refractivity contribution in [3.63, 3.8) is 0 Å². The predicted molar refractivity (Wildman–Crippen MR) is 115 cm³/mol. The molecule has 0 bridgehead atoms. The molecule has 0 atom stereocenters. The minimum Gasteiger partial charge on any atom is -0.340 e. The highest BCUT2D eigenvalue weighted by Gasteiger charge is 2.13. The summed E-state index contributed by atoms with van der Waals surface area (Å²) in [4.78, 5) is 9.33. The lowest BCUT2D eigenvalue weighted by atomic mass is 10.1. The van der Waals surface area contributed by atoms with E-state index in [0.29, 0.717) is 37.3 Å². The Kier molecular flexibility index (Phi) is 5.11. The van der Waals surface area contributed by atoms with Crippen LogP contribution in [-0.4, -0.2) is 9.97 Å². The number of fused-ring (bicyclic) bond motifs is 1. The van der Waals surface area contributed by atoms with Crippen LogP contribution in [0.4, 0.5) is 11.5 Å². The maximum absolute atomic E-state index is 6.35. The maximum atomic E-state index is 6.35. The molecule has 0 radical (unpaired) electrons. The van der Waals surface area contributed by atoms with Crippen molar-refractivity contribution in [2.75, 3.05) is 5.32 Å². The summed E-state index contributed by atoms with van der Waals surface area (Å²) >= 11 is 24.5. The summed E-state index contributed by atoms with van der Waals surface area (Å²) in [5.74, 6) is 1.14. The second-order valence-corrected chi connectivity index (χ2v) is 7.45. The van der Waals surface area contributed by atoms with Gasteiger partial charge < -0.3 is 5.32 Å². The minimum absolute atomic E-state index is 0.459. The fourth-order valence-corrected chi connectivity index (χ4v) is 3.46. The summed E-state index contributed by atoms with van der Waals surface area (Å²) in [7, 11) is 0. The van der Waals surface area contributed by atoms with Crippen LogP contribution in [0.3, 0.4) is 0 Å². The normalized spacial score (nSPS) is 11.0. The molecule has 0 aliphatic rings. The van der Waals surface area contributed by atoms with Crippen molar-refractivity contribution in [3.05, 3.63) is 80.8 Å². The van der Waals surface area contributed by atoms with E-state index in [0.717, 1.165) is 16.6 Å². The van der Waals surface area contributed by atoms with Gasteiger partial charge in [0, 0.05) is 21.7 Å². The number of nitrogens with one attached hydrogen (secondary N) is 1. The van der Waals surface area contributed by atoms with Crippen molar-refractivity contribution in [3.8, 4) is 11.4 Å². The molecule has 3 aromatic carbocycles. The van der Waals surface area contributed by atoms with Gasteiger partial charge in [-0.25, -0.2) is 9.97 Å². The summed E-state index contributed by atoms with van der Waals surface area (Å²) in [6.07, 6.45) is 0. The second kappa shape index (κ2) is 7.53. The van der Waals surface area contributed by atoms with Gasteiger partial charge in [-0.1, -0.05) is 58.5 Å². The van der Waals surface area contributed by atoms with Crippen molar-refractivity contribution in [1.29, 1.82) is 0 Å². The van der Waals surface area contributed by atoms with Gasteiger partial charge in [0.15, 0.2) is 5.82 Å². The number of benzene rings is 3. The molecule has 0 unspecified atom stereocenters. The van der Waals surface area contributed by atoms with E-state index >= 15 is 0 Å². The summed E-state index contributed by atoms with van der Waals surface area (Å²) < 4.78 is 0. The number of nitrogens with zero attached hydrogens (tertiary/aromatic N) is 2. The van der Waals surface area contributed by atoms with Gasteiger partial charge in [-0.15, -0.1) is 0 Å². The molecule has 0 amide bonds. The predicted octanol–water partition coefficient (Wildman–Crippen LogP) is 7.65. The van der Waals surface area contributed by atoms with Crippen LogP contribution in [0.2, 0.25) is 20.1 Å². The van der Waals surface area contributed by atoms with E-state index in [4.69, 9.17) is 46.4 Å². The number of hydrogen-bond acceptors (Lipinski definition) is 3. The Morgan fingerprint density at radius 1 is 0.704 bits per heavy atom. The molecular formula is C20H11Cl4N3. The van der Waals surface area contributed by atoms with Gasteiger partial charge in [-0.2, -0.15) is 0 Å². The molecule has 1 aromatic heterocycles. The van der Waals surface area contributed by atoms with E-state index in [2.05, 4.69) is 15.3 Å². The number of para-hydroxylation sites is 1. The van der Waals surface area contributed by atoms with E-state index < -0.39 is 0 Å². The Morgan fingerprint density at radius 3 is 2.30 bits per heavy atom. The molecular weight excluding hydrogens is 424 g/mol. The monoisotopic (exact) mass is 433 g/mol. The summed E-state index contributed by atoms with van der Waals surface area (Å²) in [6, 6.07) is 18.3. The zero-order chi connectivity index (χ0) is 19.0. The topological polar surface area (TPSA) is 37.8 Å². The summed E-state index contributed by atoms with van der Waals surface area (Å²) in [5.41, 5.74) is 2.25. The van der Waals surface area contributed by atoms with E-state index in [1.54, 1.807) is 30.3 Å². The summed E-state index contributed by atoms with van der Waals surface area (Å²) in [5, 5.41) is 6.15. The van der Waals surface area contributed by atoms with Crippen LogP contribution < -0.4 is 5.32 Å². The van der Waals surface area contributed by atoms with Gasteiger partial charge in [-0.05, 0) is 48.5 Å². The van der Waals surface area contributed by atoms with Crippen LogP contribution in [0.15, 0.2) is 60.7 Å². The molecule has 4 aromatic rings.